The number of carboxylic acids is 1. The number of fused-ring (bicyclic) bond motifs is 1. The van der Waals surface area contributed by atoms with Crippen LogP contribution in [0.3, 0.4) is 0 Å². The van der Waals surface area contributed by atoms with E-state index in [0.717, 1.165) is 24.5 Å². The molecule has 0 atom stereocenters. The van der Waals surface area contributed by atoms with Gasteiger partial charge in [-0.2, -0.15) is 0 Å². The summed E-state index contributed by atoms with van der Waals surface area (Å²) in [4.78, 5) is 13.1. The number of hydrogen-bond acceptors (Lipinski definition) is 3. The Balaban J connectivity index is 2.40. The first-order chi connectivity index (χ1) is 7.59. The maximum atomic E-state index is 10.9. The first-order valence-electron chi connectivity index (χ1n) is 5.47. The molecule has 1 aliphatic rings. The van der Waals surface area contributed by atoms with E-state index in [2.05, 4.69) is 24.1 Å². The maximum Gasteiger partial charge on any atom is 0.335 e. The number of nitrogens with one attached hydrogen (secondary N) is 1. The van der Waals surface area contributed by atoms with E-state index < -0.39 is 5.97 Å². The maximum absolute atomic E-state index is 10.9. The molecule has 1 aromatic rings. The molecule has 0 saturated carbocycles. The quantitative estimate of drug-likeness (QED) is 0.800. The average Bonchev–Trinajstić information content (AvgIpc) is 2.27. The first kappa shape index (κ1) is 10.8. The number of carboxylic acid groups (broad SMARTS) is 1. The Hall–Kier alpha value is -1.71. The van der Waals surface area contributed by atoms with Crippen molar-refractivity contribution in [3.05, 3.63) is 23.8 Å². The number of anilines is 2. The lowest BCUT2D eigenvalue weighted by Gasteiger charge is -2.35. The Morgan fingerprint density at radius 3 is 2.88 bits per heavy atom. The summed E-state index contributed by atoms with van der Waals surface area (Å²) in [6.45, 7) is 6.09. The zero-order valence-electron chi connectivity index (χ0n) is 9.53. The van der Waals surface area contributed by atoms with Crippen molar-refractivity contribution < 1.29 is 9.90 Å². The predicted molar refractivity (Wildman–Crippen MR) is 64.4 cm³/mol. The normalized spacial score (nSPS) is 14.6. The molecule has 1 aliphatic heterocycles. The third-order valence-corrected chi connectivity index (χ3v) is 2.84. The monoisotopic (exact) mass is 220 g/mol. The van der Waals surface area contributed by atoms with Crippen molar-refractivity contribution in [3.63, 3.8) is 0 Å². The molecule has 0 spiro atoms. The average molecular weight is 220 g/mol. The molecule has 1 heterocycles. The van der Waals surface area contributed by atoms with Crippen molar-refractivity contribution in [2.24, 2.45) is 0 Å². The molecular weight excluding hydrogens is 204 g/mol. The van der Waals surface area contributed by atoms with Gasteiger partial charge < -0.3 is 15.3 Å². The molecule has 4 heteroatoms. The van der Waals surface area contributed by atoms with E-state index in [-0.39, 0.29) is 0 Å². The Bertz CT molecular complexity index is 415. The number of rotatable bonds is 2. The van der Waals surface area contributed by atoms with Crippen molar-refractivity contribution in [2.45, 2.75) is 19.9 Å². The standard InChI is InChI=1S/C12H16N2O2/c1-8(2)14-6-5-13-10-7-9(12(15)16)3-4-11(10)14/h3-4,7-8,13H,5-6H2,1-2H3,(H,15,16). The molecule has 16 heavy (non-hydrogen) atoms. The lowest BCUT2D eigenvalue weighted by Crippen LogP contribution is -2.38. The Morgan fingerprint density at radius 1 is 1.50 bits per heavy atom. The van der Waals surface area contributed by atoms with Gasteiger partial charge in [-0.05, 0) is 32.0 Å². The van der Waals surface area contributed by atoms with Crippen molar-refractivity contribution >= 4 is 17.3 Å². The third kappa shape index (κ3) is 1.83. The van der Waals surface area contributed by atoms with Crippen molar-refractivity contribution in [2.75, 3.05) is 23.3 Å². The zero-order valence-corrected chi connectivity index (χ0v) is 9.53. The molecule has 0 radical (unpaired) electrons. The van der Waals surface area contributed by atoms with Gasteiger partial charge >= 0.3 is 5.97 Å². The van der Waals surface area contributed by atoms with Gasteiger partial charge in [0.2, 0.25) is 0 Å². The molecule has 0 aliphatic carbocycles. The van der Waals surface area contributed by atoms with Crippen LogP contribution >= 0.6 is 0 Å². The van der Waals surface area contributed by atoms with Gasteiger partial charge in [-0.1, -0.05) is 0 Å². The highest BCUT2D eigenvalue weighted by atomic mass is 16.4. The lowest BCUT2D eigenvalue weighted by atomic mass is 10.1. The van der Waals surface area contributed by atoms with E-state index in [1.807, 2.05) is 6.07 Å². The van der Waals surface area contributed by atoms with E-state index in [1.165, 1.54) is 0 Å². The molecule has 86 valence electrons. The van der Waals surface area contributed by atoms with E-state index >= 15 is 0 Å². The van der Waals surface area contributed by atoms with Gasteiger partial charge in [0, 0.05) is 19.1 Å². The molecule has 0 bridgehead atoms. The van der Waals surface area contributed by atoms with Crippen LogP contribution < -0.4 is 10.2 Å². The molecule has 0 unspecified atom stereocenters. The second-order valence-electron chi connectivity index (χ2n) is 4.25. The predicted octanol–water partition coefficient (Wildman–Crippen LogP) is 2.03. The fourth-order valence-corrected chi connectivity index (χ4v) is 2.03. The van der Waals surface area contributed by atoms with Gasteiger partial charge in [-0.15, -0.1) is 0 Å². The summed E-state index contributed by atoms with van der Waals surface area (Å²) in [5.41, 5.74) is 2.34. The second kappa shape index (κ2) is 4.04. The van der Waals surface area contributed by atoms with Crippen LogP contribution in [0.15, 0.2) is 18.2 Å². The van der Waals surface area contributed by atoms with Crippen LogP contribution in [-0.2, 0) is 0 Å². The van der Waals surface area contributed by atoms with E-state index in [0.29, 0.717) is 11.6 Å². The van der Waals surface area contributed by atoms with Crippen molar-refractivity contribution in [3.8, 4) is 0 Å². The summed E-state index contributed by atoms with van der Waals surface area (Å²) < 4.78 is 0. The molecule has 1 aromatic carbocycles. The fourth-order valence-electron chi connectivity index (χ4n) is 2.03. The van der Waals surface area contributed by atoms with Gasteiger partial charge in [0.05, 0.1) is 16.9 Å². The highest BCUT2D eigenvalue weighted by Gasteiger charge is 2.19. The molecule has 2 N–H and O–H groups in total. The number of benzene rings is 1. The zero-order chi connectivity index (χ0) is 11.7. The van der Waals surface area contributed by atoms with Crippen LogP contribution in [0.25, 0.3) is 0 Å². The minimum atomic E-state index is -0.883. The third-order valence-electron chi connectivity index (χ3n) is 2.84. The van der Waals surface area contributed by atoms with Gasteiger partial charge in [0.25, 0.3) is 0 Å². The van der Waals surface area contributed by atoms with Crippen LogP contribution in [-0.4, -0.2) is 30.2 Å². The topological polar surface area (TPSA) is 52.6 Å². The molecule has 0 saturated heterocycles. The molecule has 2 rings (SSSR count). The fraction of sp³-hybridized carbons (Fsp3) is 0.417. The molecule has 0 fully saturated rings. The van der Waals surface area contributed by atoms with Gasteiger partial charge in [0.15, 0.2) is 0 Å². The van der Waals surface area contributed by atoms with E-state index in [9.17, 15) is 4.79 Å². The van der Waals surface area contributed by atoms with Crippen LogP contribution in [0.4, 0.5) is 11.4 Å². The Kier molecular flexibility index (Phi) is 2.73. The summed E-state index contributed by atoms with van der Waals surface area (Å²) >= 11 is 0. The lowest BCUT2D eigenvalue weighted by molar-refractivity contribution is 0.0697. The van der Waals surface area contributed by atoms with Crippen LogP contribution in [0.1, 0.15) is 24.2 Å². The molecule has 0 amide bonds. The second-order valence-corrected chi connectivity index (χ2v) is 4.25. The summed E-state index contributed by atoms with van der Waals surface area (Å²) in [7, 11) is 0. The van der Waals surface area contributed by atoms with Crippen LogP contribution in [0.2, 0.25) is 0 Å². The number of carbonyl (C=O) groups is 1. The largest absolute Gasteiger partial charge is 0.478 e. The summed E-state index contributed by atoms with van der Waals surface area (Å²) in [5, 5.41) is 12.2. The van der Waals surface area contributed by atoms with Crippen molar-refractivity contribution in [1.29, 1.82) is 0 Å². The van der Waals surface area contributed by atoms with E-state index in [1.54, 1.807) is 12.1 Å². The molecule has 4 nitrogen and oxygen atoms in total. The smallest absolute Gasteiger partial charge is 0.335 e. The van der Waals surface area contributed by atoms with Gasteiger partial charge in [-0.3, -0.25) is 0 Å². The minimum Gasteiger partial charge on any atom is -0.478 e. The Labute approximate surface area is 94.9 Å². The highest BCUT2D eigenvalue weighted by Crippen LogP contribution is 2.31. The Morgan fingerprint density at radius 2 is 2.25 bits per heavy atom. The van der Waals surface area contributed by atoms with Gasteiger partial charge in [0.1, 0.15) is 0 Å². The number of hydrogen-bond donors (Lipinski definition) is 2. The summed E-state index contributed by atoms with van der Waals surface area (Å²) in [5.74, 6) is -0.883. The number of aromatic carboxylic acids is 1. The highest BCUT2D eigenvalue weighted by molar-refractivity contribution is 5.91. The molecular formula is C12H16N2O2. The van der Waals surface area contributed by atoms with E-state index in [4.69, 9.17) is 5.11 Å². The summed E-state index contributed by atoms with van der Waals surface area (Å²) in [6.07, 6.45) is 0. The first-order valence-corrected chi connectivity index (χ1v) is 5.47. The van der Waals surface area contributed by atoms with Gasteiger partial charge in [-0.25, -0.2) is 4.79 Å². The molecule has 0 aromatic heterocycles. The number of nitrogens with zero attached hydrogens (tertiary/aromatic N) is 1. The minimum absolute atomic E-state index is 0.330. The van der Waals surface area contributed by atoms with Crippen LogP contribution in [0.5, 0.6) is 0 Å². The SMILES string of the molecule is CC(C)N1CCNc2cc(C(=O)O)ccc21. The summed E-state index contributed by atoms with van der Waals surface area (Å²) in [6, 6.07) is 5.66. The van der Waals surface area contributed by atoms with Crippen molar-refractivity contribution in [1.82, 2.24) is 0 Å². The van der Waals surface area contributed by atoms with Crippen LogP contribution in [0, 0.1) is 0 Å².